The van der Waals surface area contributed by atoms with Crippen LogP contribution < -0.4 is 6.15 Å². The van der Waals surface area contributed by atoms with Crippen LogP contribution in [0.3, 0.4) is 0 Å². The molecule has 2 aliphatic rings. The zero-order valence-electron chi connectivity index (χ0n) is 21.1. The van der Waals surface area contributed by atoms with Crippen molar-refractivity contribution >= 4 is 5.57 Å². The van der Waals surface area contributed by atoms with Crippen molar-refractivity contribution < 1.29 is 0 Å². The maximum absolute atomic E-state index is 2.36. The number of rotatable bonds is 2. The molecular weight excluding hydrogens is 398 g/mol. The summed E-state index contributed by atoms with van der Waals surface area (Å²) in [4.78, 5) is 0. The van der Waals surface area contributed by atoms with Crippen LogP contribution in [0.2, 0.25) is 0 Å². The maximum Gasteiger partial charge on any atom is 0.0108 e. The molecule has 174 valence electrons. The van der Waals surface area contributed by atoms with Crippen molar-refractivity contribution in [2.24, 2.45) is 5.92 Å². The highest BCUT2D eigenvalue weighted by Crippen LogP contribution is 2.36. The van der Waals surface area contributed by atoms with Crippen molar-refractivity contribution in [1.29, 1.82) is 0 Å². The Kier molecular flexibility index (Phi) is 10.4. The Balaban J connectivity index is 0.000000227. The van der Waals surface area contributed by atoms with Crippen molar-refractivity contribution in [3.63, 3.8) is 0 Å². The molecule has 0 heterocycles. The van der Waals surface area contributed by atoms with Gasteiger partial charge >= 0.3 is 0 Å². The summed E-state index contributed by atoms with van der Waals surface area (Å²) in [5, 5.41) is 0. The molecule has 1 heteroatoms. The molecule has 0 saturated heterocycles. The highest BCUT2D eigenvalue weighted by Gasteiger charge is 2.21. The van der Waals surface area contributed by atoms with E-state index >= 15 is 0 Å². The van der Waals surface area contributed by atoms with Crippen LogP contribution in [0.25, 0.3) is 5.57 Å². The van der Waals surface area contributed by atoms with Crippen LogP contribution >= 0.6 is 0 Å². The van der Waals surface area contributed by atoms with Gasteiger partial charge < -0.3 is 6.15 Å². The first-order chi connectivity index (χ1) is 15.5. The molecule has 0 radical (unpaired) electrons. The summed E-state index contributed by atoms with van der Waals surface area (Å²) in [6.45, 7) is 11.1. The predicted octanol–water partition coefficient (Wildman–Crippen LogP) is 9.46. The molecule has 0 saturated carbocycles. The summed E-state index contributed by atoms with van der Waals surface area (Å²) in [7, 11) is 0. The Bertz CT molecular complexity index is 1040. The standard InChI is InChI=1S/C16H20.C16H18.H3N/c1-12-8-6-7-11-15(12)16-13(2)9-4-5-10-14(16)3;1-13-5-3-7-15(8-4-6-13)16-11-9-14(2)10-12-16;/h4,6-11,13,16H,5H2,1-3H3;3,5-6,8-12H,4,7H2,1-2H3;1H3/b;5-3-,13-6-,15-8+;. The molecule has 0 amide bonds. The van der Waals surface area contributed by atoms with E-state index in [2.05, 4.69) is 126 Å². The Morgan fingerprint density at radius 1 is 0.758 bits per heavy atom. The second-order valence-corrected chi connectivity index (χ2v) is 9.19. The van der Waals surface area contributed by atoms with Crippen LogP contribution in [0, 0.1) is 19.8 Å². The average molecular weight is 440 g/mol. The summed E-state index contributed by atoms with van der Waals surface area (Å²) in [5.41, 5.74) is 9.85. The molecule has 0 aliphatic heterocycles. The number of hydrogen-bond donors (Lipinski definition) is 1. The van der Waals surface area contributed by atoms with Gasteiger partial charge in [0.25, 0.3) is 0 Å². The summed E-state index contributed by atoms with van der Waals surface area (Å²) in [6, 6.07) is 17.5. The molecule has 2 aromatic rings. The lowest BCUT2D eigenvalue weighted by Gasteiger charge is -2.24. The third kappa shape index (κ3) is 7.58. The van der Waals surface area contributed by atoms with Gasteiger partial charge in [0.1, 0.15) is 0 Å². The molecule has 2 aromatic carbocycles. The fraction of sp³-hybridized carbons (Fsp3) is 0.312. The molecule has 2 aliphatic carbocycles. The van der Waals surface area contributed by atoms with Gasteiger partial charge in [-0.25, -0.2) is 0 Å². The predicted molar refractivity (Wildman–Crippen MR) is 147 cm³/mol. The first kappa shape index (κ1) is 26.4. The average Bonchev–Trinajstić information content (AvgIpc) is 2.93. The van der Waals surface area contributed by atoms with Crippen molar-refractivity contribution in [1.82, 2.24) is 6.15 Å². The smallest absolute Gasteiger partial charge is 0.0108 e. The van der Waals surface area contributed by atoms with Gasteiger partial charge in [-0.2, -0.15) is 0 Å². The van der Waals surface area contributed by atoms with Crippen molar-refractivity contribution in [3.05, 3.63) is 124 Å². The molecule has 2 unspecified atom stereocenters. The SMILES string of the molecule is CC1=C/C/C=C(/c2ccc(C)cc2)C/C=C\1.CC1=CCC=CC(C)C1c1ccccc1C.N. The quantitative estimate of drug-likeness (QED) is 0.464. The minimum atomic E-state index is 0. The molecule has 0 spiro atoms. The van der Waals surface area contributed by atoms with Crippen LogP contribution in [0.5, 0.6) is 0 Å². The highest BCUT2D eigenvalue weighted by molar-refractivity contribution is 5.67. The second kappa shape index (κ2) is 13.0. The van der Waals surface area contributed by atoms with Gasteiger partial charge in [-0.05, 0) is 75.1 Å². The van der Waals surface area contributed by atoms with E-state index in [-0.39, 0.29) is 6.15 Å². The number of hydrogen-bond acceptors (Lipinski definition) is 1. The molecule has 0 aromatic heterocycles. The molecule has 4 rings (SSSR count). The molecule has 1 nitrogen and oxygen atoms in total. The van der Waals surface area contributed by atoms with Crippen molar-refractivity contribution in [2.45, 2.75) is 59.8 Å². The third-order valence-corrected chi connectivity index (χ3v) is 6.50. The zero-order valence-corrected chi connectivity index (χ0v) is 21.1. The van der Waals surface area contributed by atoms with E-state index < -0.39 is 0 Å². The highest BCUT2D eigenvalue weighted by atomic mass is 14.3. The van der Waals surface area contributed by atoms with Crippen LogP contribution in [0.4, 0.5) is 0 Å². The van der Waals surface area contributed by atoms with Crippen LogP contribution in [0.1, 0.15) is 68.2 Å². The van der Waals surface area contributed by atoms with Gasteiger partial charge in [0, 0.05) is 5.92 Å². The minimum absolute atomic E-state index is 0. The largest absolute Gasteiger partial charge is 0.344 e. The first-order valence-corrected chi connectivity index (χ1v) is 11.9. The van der Waals surface area contributed by atoms with Crippen LogP contribution in [-0.2, 0) is 0 Å². The summed E-state index contributed by atoms with van der Waals surface area (Å²) >= 11 is 0. The topological polar surface area (TPSA) is 35.0 Å². The van der Waals surface area contributed by atoms with Gasteiger partial charge in [-0.3, -0.25) is 0 Å². The van der Waals surface area contributed by atoms with Gasteiger partial charge in [-0.15, -0.1) is 0 Å². The van der Waals surface area contributed by atoms with E-state index in [1.54, 1.807) is 0 Å². The molecule has 0 bridgehead atoms. The van der Waals surface area contributed by atoms with Crippen molar-refractivity contribution in [2.75, 3.05) is 0 Å². The Morgan fingerprint density at radius 2 is 1.48 bits per heavy atom. The van der Waals surface area contributed by atoms with Crippen LogP contribution in [0.15, 0.2) is 102 Å². The summed E-state index contributed by atoms with van der Waals surface area (Å²) in [6.07, 6.45) is 19.2. The lowest BCUT2D eigenvalue weighted by molar-refractivity contribution is 0.613. The Morgan fingerprint density at radius 3 is 2.21 bits per heavy atom. The summed E-state index contributed by atoms with van der Waals surface area (Å²) < 4.78 is 0. The van der Waals surface area contributed by atoms with E-state index in [4.69, 9.17) is 0 Å². The van der Waals surface area contributed by atoms with E-state index in [0.717, 1.165) is 19.3 Å². The zero-order chi connectivity index (χ0) is 22.9. The lowest BCUT2D eigenvalue weighted by atomic mass is 9.80. The summed E-state index contributed by atoms with van der Waals surface area (Å²) in [5.74, 6) is 1.15. The van der Waals surface area contributed by atoms with E-state index in [0.29, 0.717) is 11.8 Å². The van der Waals surface area contributed by atoms with E-state index in [9.17, 15) is 0 Å². The first-order valence-electron chi connectivity index (χ1n) is 11.9. The number of benzene rings is 2. The monoisotopic (exact) mass is 439 g/mol. The fourth-order valence-electron chi connectivity index (χ4n) is 4.58. The van der Waals surface area contributed by atoms with Crippen LogP contribution in [-0.4, -0.2) is 0 Å². The van der Waals surface area contributed by atoms with E-state index in [1.807, 2.05) is 0 Å². The second-order valence-electron chi connectivity index (χ2n) is 9.19. The molecule has 3 N–H and O–H groups in total. The molecule has 33 heavy (non-hydrogen) atoms. The van der Waals surface area contributed by atoms with Gasteiger partial charge in [0.2, 0.25) is 0 Å². The lowest BCUT2D eigenvalue weighted by Crippen LogP contribution is -2.10. The van der Waals surface area contributed by atoms with Crippen molar-refractivity contribution in [3.8, 4) is 0 Å². The molecule has 2 atom stereocenters. The minimum Gasteiger partial charge on any atom is -0.344 e. The van der Waals surface area contributed by atoms with Gasteiger partial charge in [0.15, 0.2) is 0 Å². The maximum atomic E-state index is 2.36. The normalized spacial score (nSPS) is 24.1. The fourth-order valence-corrected chi connectivity index (χ4v) is 4.58. The molecule has 0 fully saturated rings. The van der Waals surface area contributed by atoms with Gasteiger partial charge in [-0.1, -0.05) is 115 Å². The number of allylic oxidation sites excluding steroid dienone is 10. The Labute approximate surface area is 201 Å². The van der Waals surface area contributed by atoms with E-state index in [1.165, 1.54) is 39.0 Å². The number of aryl methyl sites for hydroxylation is 2. The molecular formula is C32H41N. The van der Waals surface area contributed by atoms with Gasteiger partial charge in [0.05, 0.1) is 0 Å². The Hall–Kier alpha value is -2.90. The third-order valence-electron chi connectivity index (χ3n) is 6.50.